The molecule has 6 heterocycles. The first-order valence-corrected chi connectivity index (χ1v) is 45.4. The maximum Gasteiger partial charge on any atom is 0.508 e. The van der Waals surface area contributed by atoms with Crippen molar-refractivity contribution in [1.82, 2.24) is 41.3 Å². The molecule has 0 saturated carbocycles. The molecule has 53 nitrogen and oxygen atoms in total. The lowest BCUT2D eigenvalue weighted by atomic mass is 9.92. The summed E-state index contributed by atoms with van der Waals surface area (Å²) in [5.41, 5.74) is 38.9. The van der Waals surface area contributed by atoms with Crippen LogP contribution in [0.5, 0.6) is 0 Å². The van der Waals surface area contributed by atoms with Crippen molar-refractivity contribution in [3.05, 3.63) is 84.0 Å². The number of unbranched alkanes of at least 4 members (excludes halogenated alkanes) is 3. The summed E-state index contributed by atoms with van der Waals surface area (Å²) in [6.07, 6.45) is -13.2. The van der Waals surface area contributed by atoms with Crippen LogP contribution in [-0.4, -0.2) is 296 Å². The van der Waals surface area contributed by atoms with Crippen molar-refractivity contribution in [3.63, 3.8) is 0 Å². The summed E-state index contributed by atoms with van der Waals surface area (Å²) in [6.45, 7) is 2.65. The number of hydrogen-bond donors (Lipinski definition) is 15. The topological polar surface area (TPSA) is 795 Å². The molecule has 130 heavy (non-hydrogen) atoms. The fraction of sp³-hybridized carbons (Fsp3) is 0.535. The van der Waals surface area contributed by atoms with E-state index in [0.717, 1.165) is 33.5 Å². The molecule has 8 rings (SSSR count). The molecule has 6 amide bonds. The number of amides is 6. The Morgan fingerprint density at radius 3 is 0.923 bits per heavy atom. The summed E-state index contributed by atoms with van der Waals surface area (Å²) in [6, 6.07) is 2.18. The molecule has 22 N–H and O–H groups in total. The zero-order valence-electron chi connectivity index (χ0n) is 68.7. The van der Waals surface area contributed by atoms with Crippen molar-refractivity contribution < 1.29 is 162 Å². The molecular weight excluding hydrogens is 1860 g/mol. The third kappa shape index (κ3) is 34.2. The standard InChI is InChI=1S/C44H62N12O22S2.C19H30N6O9.C6H4Cl2O4S2.2CH4/c1-21(57)53-31-25(55-39(45)46)17-27(37(59)69-3)73-35(31)33(29-19-71-43(63)75-29)77-41(61)49-12-5-7-14-51-79(65,66)23-10-9-11-24(16-23)80(67,68)52-15-8-6-13-50-42(62)78-34(30-20-72-44(64)76-30)36-32(54-22(2)58)26(56-40(47)48)18-28(74-36)38(60)70-4;1-9(26)24-13-10(25-17(21)22)7-11(16(27)30-2)32-15(13)14(12-8-31-19(29)33-12)34-18(28)23-6-4-3-5-20;7-13(9,10)5-2-1-3-6(4-5)14(8,11)12;;/h9-11,16-18,25-26,29-36,51-52H,5-8,12-15,19-20H2,1-4H3,(H,49,61)(H,50,62)(H,53,57)(H,54,58)(H4,45,46,55)(H4,47,48,56);7,10,12-15H,3-6,8,20H2,1-2H3,(H,23,28)(H,24,26)(H4,21,22,25);1-4H;2*1H4/t25-,26-,29+,30+,31+,32+,33+,34+,35+,36+;10-,12+,13+,14+,15+;;;/m00.../s1. The van der Waals surface area contributed by atoms with Gasteiger partial charge in [-0.25, -0.2) is 101 Å². The van der Waals surface area contributed by atoms with Crippen molar-refractivity contribution in [3.8, 4) is 0 Å². The zero-order valence-corrected chi connectivity index (χ0v) is 73.5. The number of ether oxygens (including phenoxy) is 15. The number of rotatable bonds is 38. The van der Waals surface area contributed by atoms with E-state index < -0.39 is 238 Å². The number of nitrogens with two attached hydrogens (primary N) is 7. The van der Waals surface area contributed by atoms with Gasteiger partial charge in [0.1, 0.15) is 19.8 Å². The molecule has 2 aromatic carbocycles. The first kappa shape index (κ1) is 110. The van der Waals surface area contributed by atoms with Crippen LogP contribution in [0.2, 0.25) is 0 Å². The second-order valence-electron chi connectivity index (χ2n) is 27.2. The lowest BCUT2D eigenvalue weighted by Crippen LogP contribution is -2.61. The van der Waals surface area contributed by atoms with E-state index >= 15 is 0 Å². The number of hydrogen-bond acceptors (Lipinski definition) is 39. The number of benzene rings is 2. The van der Waals surface area contributed by atoms with Gasteiger partial charge in [-0.05, 0) is 99.7 Å². The number of alkyl carbamates (subject to hydrolysis) is 3. The Hall–Kier alpha value is -12.4. The van der Waals surface area contributed by atoms with Gasteiger partial charge in [0.25, 0.3) is 18.1 Å². The van der Waals surface area contributed by atoms with Gasteiger partial charge in [-0.1, -0.05) is 27.0 Å². The average molecular weight is 1970 g/mol. The first-order chi connectivity index (χ1) is 60.2. The van der Waals surface area contributed by atoms with Crippen molar-refractivity contribution in [2.24, 2.45) is 55.1 Å². The molecule has 0 spiro atoms. The Labute approximate surface area is 753 Å². The Kier molecular flexibility index (Phi) is 43.2. The van der Waals surface area contributed by atoms with E-state index in [9.17, 15) is 91.2 Å². The summed E-state index contributed by atoms with van der Waals surface area (Å²) in [4.78, 5) is 159. The van der Waals surface area contributed by atoms with Gasteiger partial charge in [0.05, 0.1) is 77.2 Å². The van der Waals surface area contributed by atoms with Crippen LogP contribution in [0.1, 0.15) is 74.1 Å². The summed E-state index contributed by atoms with van der Waals surface area (Å²) in [5.74, 6) is -6.88. The number of aliphatic imine (C=N–C) groups is 3. The molecule has 726 valence electrons. The average Bonchev–Trinajstić information content (AvgIpc) is 1.42. The number of methoxy groups -OCH3 is 3. The van der Waals surface area contributed by atoms with Crippen LogP contribution in [0.4, 0.5) is 28.8 Å². The lowest BCUT2D eigenvalue weighted by molar-refractivity contribution is -0.148. The van der Waals surface area contributed by atoms with Crippen LogP contribution >= 0.6 is 21.4 Å². The normalized spacial score (nSPS) is 21.9. The Bertz CT molecular complexity index is 4810. The Balaban J connectivity index is 0.000000576. The van der Waals surface area contributed by atoms with E-state index in [-0.39, 0.29) is 111 Å². The van der Waals surface area contributed by atoms with Crippen LogP contribution in [0.25, 0.3) is 0 Å². The van der Waals surface area contributed by atoms with Crippen LogP contribution < -0.4 is 81.5 Å². The van der Waals surface area contributed by atoms with Crippen molar-refractivity contribution in [2.75, 3.05) is 80.4 Å². The fourth-order valence-electron chi connectivity index (χ4n) is 12.3. The van der Waals surface area contributed by atoms with Crippen LogP contribution in [-0.2, 0) is 138 Å². The SMILES string of the molecule is C.C.COC(=O)C1=C[C@H](N=C(N)N)[C@@H](NC(C)=O)[C@H]([C@H](OC(=O)NCCCCN)[C@H]2COC(=O)O2)O1.COC(=O)C1=C[C@H](N=C(N)N)[C@@H](NC(C)=O)[C@H]([C@H](OC(=O)NCCCCNS(=O)(=O)c2cccc(S(=O)(=O)NCCCCNC(=O)O[C@@H]([C@@H]3OC(C(=O)OC)=C[C@H](N=C(N)N)[C@H]3NC(C)=O)[C@H]3COC(=O)O3)c2)[C@H]2COC(=O)O2)O1.O=S(=O)(Cl)c1cccc(S(=O)(=O)Cl)c1. The molecular formula is C71H104Cl2N18O35S4. The predicted octanol–water partition coefficient (Wildman–Crippen LogP) is -2.96. The number of nitrogens with zero attached hydrogens (tertiary/aromatic N) is 3. The van der Waals surface area contributed by atoms with Gasteiger partial charge in [-0.3, -0.25) is 14.4 Å². The molecule has 15 atom stereocenters. The van der Waals surface area contributed by atoms with E-state index in [2.05, 4.69) is 56.3 Å². The number of nitrogens with one attached hydrogen (secondary N) is 8. The highest BCUT2D eigenvalue weighted by Gasteiger charge is 2.54. The quantitative estimate of drug-likeness (QED) is 0.00798. The van der Waals surface area contributed by atoms with Gasteiger partial charge in [-0.15, -0.1) is 0 Å². The van der Waals surface area contributed by atoms with Crippen LogP contribution in [0, 0.1) is 0 Å². The highest BCUT2D eigenvalue weighted by molar-refractivity contribution is 8.14. The van der Waals surface area contributed by atoms with Gasteiger partial charge in [0, 0.05) is 74.9 Å². The molecule has 0 radical (unpaired) electrons. The molecule has 6 aliphatic rings. The number of halogens is 2. The third-order valence-corrected chi connectivity index (χ3v) is 23.4. The Morgan fingerprint density at radius 1 is 0.423 bits per heavy atom. The maximum absolute atomic E-state index is 13.2. The minimum absolute atomic E-state index is 0. The van der Waals surface area contributed by atoms with Gasteiger partial charge in [0.2, 0.25) is 55.0 Å². The zero-order chi connectivity index (χ0) is 95.1. The molecule has 0 bridgehead atoms. The fourth-order valence-corrected chi connectivity index (χ4v) is 16.2. The molecule has 0 aromatic heterocycles. The monoisotopic (exact) mass is 1970 g/mol. The minimum Gasteiger partial charge on any atom is -0.477 e. The third-order valence-electron chi connectivity index (χ3n) is 17.7. The summed E-state index contributed by atoms with van der Waals surface area (Å²) >= 11 is 0. The molecule has 59 heteroatoms. The second kappa shape index (κ2) is 51.1. The molecule has 3 saturated heterocycles. The van der Waals surface area contributed by atoms with Crippen molar-refractivity contribution >= 4 is 150 Å². The Morgan fingerprint density at radius 2 is 0.685 bits per heavy atom. The largest absolute Gasteiger partial charge is 0.508 e. The minimum atomic E-state index is -4.28. The summed E-state index contributed by atoms with van der Waals surface area (Å²) in [5, 5.41) is 15.3. The first-order valence-electron chi connectivity index (χ1n) is 37.8. The number of sulfonamides is 2. The van der Waals surface area contributed by atoms with E-state index in [0.29, 0.717) is 19.4 Å². The van der Waals surface area contributed by atoms with E-state index in [1.165, 1.54) is 75.4 Å². The van der Waals surface area contributed by atoms with Gasteiger partial charge in [0.15, 0.2) is 72.8 Å². The summed E-state index contributed by atoms with van der Waals surface area (Å²) in [7, 11) is -3.14. The number of cyclic esters (lactones) is 6. The van der Waals surface area contributed by atoms with Crippen LogP contribution in [0.15, 0.2) is 119 Å². The number of carbonyl (C=O) groups is 12. The van der Waals surface area contributed by atoms with Gasteiger partial charge in [-0.2, -0.15) is 0 Å². The van der Waals surface area contributed by atoms with Gasteiger partial charge >= 0.3 is 54.7 Å². The van der Waals surface area contributed by atoms with Crippen molar-refractivity contribution in [2.45, 2.75) is 185 Å². The molecule has 0 unspecified atom stereocenters. The summed E-state index contributed by atoms with van der Waals surface area (Å²) < 4.78 is 180. The highest BCUT2D eigenvalue weighted by Crippen LogP contribution is 2.34. The van der Waals surface area contributed by atoms with Gasteiger partial charge < -0.3 is 143 Å². The number of guanidine groups is 3. The molecule has 0 aliphatic carbocycles. The number of esters is 3. The predicted molar refractivity (Wildman–Crippen MR) is 450 cm³/mol. The maximum atomic E-state index is 13.2. The highest BCUT2D eigenvalue weighted by atomic mass is 35.7. The molecule has 6 aliphatic heterocycles. The van der Waals surface area contributed by atoms with E-state index in [1.807, 2.05) is 0 Å². The van der Waals surface area contributed by atoms with Crippen molar-refractivity contribution in [1.29, 1.82) is 0 Å². The number of carbonyl (C=O) groups excluding carboxylic acids is 12. The van der Waals surface area contributed by atoms with E-state index in [4.69, 9.17) is 133 Å². The molecule has 3 fully saturated rings. The van der Waals surface area contributed by atoms with Crippen LogP contribution in [0.3, 0.4) is 0 Å². The molecule has 2 aromatic rings. The lowest BCUT2D eigenvalue weighted by Gasteiger charge is -2.39. The second-order valence-corrected chi connectivity index (χ2v) is 35.9. The van der Waals surface area contributed by atoms with E-state index in [1.54, 1.807) is 0 Å². The smallest absolute Gasteiger partial charge is 0.477 e.